The lowest BCUT2D eigenvalue weighted by Crippen LogP contribution is -2.28. The lowest BCUT2D eigenvalue weighted by Gasteiger charge is -2.14. The average molecular weight is 269 g/mol. The highest BCUT2D eigenvalue weighted by atomic mass is 16.3. The van der Waals surface area contributed by atoms with Gasteiger partial charge in [-0.3, -0.25) is 9.69 Å². The summed E-state index contributed by atoms with van der Waals surface area (Å²) in [5.74, 6) is 2.28. The molecule has 1 aliphatic carbocycles. The van der Waals surface area contributed by atoms with Gasteiger partial charge < -0.3 is 4.42 Å². The van der Waals surface area contributed by atoms with Gasteiger partial charge in [-0.2, -0.15) is 0 Å². The van der Waals surface area contributed by atoms with E-state index in [1.54, 1.807) is 0 Å². The molecule has 4 rings (SSSR count). The van der Waals surface area contributed by atoms with Crippen LogP contribution in [0.25, 0.3) is 11.0 Å². The molecule has 3 nitrogen and oxygen atoms in total. The molecule has 2 fully saturated rings. The zero-order valence-corrected chi connectivity index (χ0v) is 11.5. The van der Waals surface area contributed by atoms with Crippen molar-refractivity contribution in [1.29, 1.82) is 0 Å². The molecule has 0 spiro atoms. The first-order valence-electron chi connectivity index (χ1n) is 7.54. The summed E-state index contributed by atoms with van der Waals surface area (Å²) in [5.41, 5.74) is 0.800. The Morgan fingerprint density at radius 3 is 2.70 bits per heavy atom. The van der Waals surface area contributed by atoms with Crippen molar-refractivity contribution in [3.63, 3.8) is 0 Å². The summed E-state index contributed by atoms with van der Waals surface area (Å²) in [4.78, 5) is 14.7. The molecule has 0 amide bonds. The Morgan fingerprint density at radius 2 is 1.95 bits per heavy atom. The summed E-state index contributed by atoms with van der Waals surface area (Å²) in [6.45, 7) is 2.69. The molecule has 2 atom stereocenters. The second kappa shape index (κ2) is 4.74. The van der Waals surface area contributed by atoms with Gasteiger partial charge in [-0.25, -0.2) is 0 Å². The third-order valence-corrected chi connectivity index (χ3v) is 4.87. The highest BCUT2D eigenvalue weighted by molar-refractivity contribution is 5.98. The second-order valence-corrected chi connectivity index (χ2v) is 6.22. The van der Waals surface area contributed by atoms with Crippen molar-refractivity contribution in [3.05, 3.63) is 36.1 Å². The van der Waals surface area contributed by atoms with E-state index in [0.29, 0.717) is 12.3 Å². The number of benzene rings is 1. The van der Waals surface area contributed by atoms with Crippen LogP contribution in [-0.2, 0) is 0 Å². The fourth-order valence-corrected chi connectivity index (χ4v) is 3.86. The zero-order valence-electron chi connectivity index (χ0n) is 11.5. The van der Waals surface area contributed by atoms with E-state index in [-0.39, 0.29) is 5.78 Å². The minimum Gasteiger partial charge on any atom is -0.453 e. The quantitative estimate of drug-likeness (QED) is 0.801. The summed E-state index contributed by atoms with van der Waals surface area (Å²) in [7, 11) is 0. The summed E-state index contributed by atoms with van der Waals surface area (Å²) in [5, 5.41) is 1.01. The molecule has 20 heavy (non-hydrogen) atoms. The van der Waals surface area contributed by atoms with Crippen LogP contribution in [0.1, 0.15) is 29.8 Å². The van der Waals surface area contributed by atoms with Crippen LogP contribution in [0.3, 0.4) is 0 Å². The number of fused-ring (bicyclic) bond motifs is 2. The maximum Gasteiger partial charge on any atom is 0.211 e. The summed E-state index contributed by atoms with van der Waals surface area (Å²) in [6, 6.07) is 9.66. The lowest BCUT2D eigenvalue weighted by atomic mass is 10.0. The third kappa shape index (κ3) is 2.06. The Bertz CT molecular complexity index is 600. The van der Waals surface area contributed by atoms with Crippen LogP contribution >= 0.6 is 0 Å². The van der Waals surface area contributed by atoms with Crippen molar-refractivity contribution < 1.29 is 9.21 Å². The monoisotopic (exact) mass is 269 g/mol. The van der Waals surface area contributed by atoms with Gasteiger partial charge in [0.05, 0.1) is 6.54 Å². The first-order valence-corrected chi connectivity index (χ1v) is 7.54. The van der Waals surface area contributed by atoms with Crippen LogP contribution < -0.4 is 0 Å². The fourth-order valence-electron chi connectivity index (χ4n) is 3.86. The summed E-state index contributed by atoms with van der Waals surface area (Å²) in [6.07, 6.45) is 4.07. The molecule has 3 heteroatoms. The first kappa shape index (κ1) is 12.2. The third-order valence-electron chi connectivity index (χ3n) is 4.87. The van der Waals surface area contributed by atoms with Gasteiger partial charge in [0, 0.05) is 18.5 Å². The Hall–Kier alpha value is -1.61. The van der Waals surface area contributed by atoms with Crippen LogP contribution in [0.5, 0.6) is 0 Å². The molecule has 2 heterocycles. The molecular weight excluding hydrogens is 250 g/mol. The molecule has 0 bridgehead atoms. The average Bonchev–Trinajstić information content (AvgIpc) is 3.10. The van der Waals surface area contributed by atoms with Crippen molar-refractivity contribution in [2.24, 2.45) is 11.8 Å². The molecule has 0 N–H and O–H groups in total. The van der Waals surface area contributed by atoms with Crippen molar-refractivity contribution in [2.45, 2.75) is 19.3 Å². The van der Waals surface area contributed by atoms with E-state index in [0.717, 1.165) is 35.9 Å². The van der Waals surface area contributed by atoms with Crippen LogP contribution in [0, 0.1) is 11.8 Å². The topological polar surface area (TPSA) is 33.5 Å². The molecule has 1 aromatic heterocycles. The van der Waals surface area contributed by atoms with Crippen molar-refractivity contribution in [3.8, 4) is 0 Å². The molecule has 1 aliphatic heterocycles. The predicted molar refractivity (Wildman–Crippen MR) is 77.8 cm³/mol. The van der Waals surface area contributed by atoms with E-state index in [1.807, 2.05) is 30.3 Å². The second-order valence-electron chi connectivity index (χ2n) is 6.22. The Morgan fingerprint density at radius 1 is 1.20 bits per heavy atom. The normalized spacial score (nSPS) is 26.2. The number of para-hydroxylation sites is 1. The van der Waals surface area contributed by atoms with E-state index < -0.39 is 0 Å². The molecule has 2 unspecified atom stereocenters. The molecule has 1 aromatic carbocycles. The number of carbonyl (C=O) groups is 1. The molecular formula is C17H19NO2. The number of hydrogen-bond donors (Lipinski definition) is 0. The highest BCUT2D eigenvalue weighted by Gasteiger charge is 2.36. The molecule has 2 aromatic rings. The number of furan rings is 1. The fraction of sp³-hybridized carbons (Fsp3) is 0.471. The van der Waals surface area contributed by atoms with Gasteiger partial charge in [0.2, 0.25) is 5.78 Å². The van der Waals surface area contributed by atoms with Crippen LogP contribution in [-0.4, -0.2) is 30.3 Å². The zero-order chi connectivity index (χ0) is 13.5. The predicted octanol–water partition coefficient (Wildman–Crippen LogP) is 3.35. The van der Waals surface area contributed by atoms with Crippen LogP contribution in [0.2, 0.25) is 0 Å². The van der Waals surface area contributed by atoms with Gasteiger partial charge in [-0.15, -0.1) is 0 Å². The maximum absolute atomic E-state index is 12.4. The first-order chi connectivity index (χ1) is 9.79. The van der Waals surface area contributed by atoms with Gasteiger partial charge in [-0.05, 0) is 36.8 Å². The van der Waals surface area contributed by atoms with Gasteiger partial charge in [-0.1, -0.05) is 24.6 Å². The summed E-state index contributed by atoms with van der Waals surface area (Å²) >= 11 is 0. The minimum atomic E-state index is 0.112. The van der Waals surface area contributed by atoms with Gasteiger partial charge in [0.25, 0.3) is 0 Å². The van der Waals surface area contributed by atoms with E-state index in [1.165, 1.54) is 19.3 Å². The molecule has 0 radical (unpaired) electrons. The largest absolute Gasteiger partial charge is 0.453 e. The number of carbonyl (C=O) groups excluding carboxylic acids is 1. The lowest BCUT2D eigenvalue weighted by molar-refractivity contribution is 0.0915. The Kier molecular flexibility index (Phi) is 2.88. The Labute approximate surface area is 118 Å². The van der Waals surface area contributed by atoms with Crippen LogP contribution in [0.4, 0.5) is 0 Å². The van der Waals surface area contributed by atoms with Crippen molar-refractivity contribution in [2.75, 3.05) is 19.6 Å². The highest BCUT2D eigenvalue weighted by Crippen LogP contribution is 2.37. The van der Waals surface area contributed by atoms with Gasteiger partial charge in [0.1, 0.15) is 5.58 Å². The van der Waals surface area contributed by atoms with Crippen molar-refractivity contribution >= 4 is 16.8 Å². The number of ketones is 1. The van der Waals surface area contributed by atoms with Crippen molar-refractivity contribution in [1.82, 2.24) is 4.90 Å². The van der Waals surface area contributed by atoms with Crippen LogP contribution in [0.15, 0.2) is 34.7 Å². The SMILES string of the molecule is O=C(CN1CC2CCCC2C1)c1cc2ccccc2o1. The smallest absolute Gasteiger partial charge is 0.211 e. The maximum atomic E-state index is 12.4. The van der Waals surface area contributed by atoms with Gasteiger partial charge >= 0.3 is 0 Å². The molecule has 2 aliphatic rings. The number of likely N-dealkylation sites (tertiary alicyclic amines) is 1. The van der Waals surface area contributed by atoms with E-state index in [2.05, 4.69) is 4.90 Å². The molecule has 104 valence electrons. The van der Waals surface area contributed by atoms with E-state index >= 15 is 0 Å². The van der Waals surface area contributed by atoms with Gasteiger partial charge in [0.15, 0.2) is 5.76 Å². The van der Waals surface area contributed by atoms with E-state index in [9.17, 15) is 4.79 Å². The standard InChI is InChI=1S/C17H19NO2/c19-15(11-18-9-13-5-3-6-14(13)10-18)17-8-12-4-1-2-7-16(12)20-17/h1-2,4,7-8,13-14H,3,5-6,9-11H2. The number of Topliss-reactive ketones (excluding diaryl/α,β-unsaturated/α-hetero) is 1. The number of hydrogen-bond acceptors (Lipinski definition) is 3. The Balaban J connectivity index is 1.47. The van der Waals surface area contributed by atoms with E-state index in [4.69, 9.17) is 4.42 Å². The molecule has 1 saturated heterocycles. The molecule has 1 saturated carbocycles. The minimum absolute atomic E-state index is 0.112. The number of rotatable bonds is 3. The number of nitrogens with zero attached hydrogens (tertiary/aromatic N) is 1. The summed E-state index contributed by atoms with van der Waals surface area (Å²) < 4.78 is 5.66.